The van der Waals surface area contributed by atoms with E-state index in [1.165, 1.54) is 14.1 Å². The first-order valence-electron chi connectivity index (χ1n) is 2.74. The van der Waals surface area contributed by atoms with Crippen LogP contribution in [0, 0.1) is 0 Å². The third-order valence-corrected chi connectivity index (χ3v) is 2.45. The molecular formula is C3H7N5O2S. The second-order valence-corrected chi connectivity index (χ2v) is 3.57. The topological polar surface area (TPSA) is 89.8 Å². The second kappa shape index (κ2) is 2.55. The molecule has 8 heteroatoms. The van der Waals surface area contributed by atoms with Gasteiger partial charge in [0.1, 0.15) is 0 Å². The van der Waals surface area contributed by atoms with Gasteiger partial charge in [0, 0.05) is 7.05 Å². The molecule has 0 unspecified atom stereocenters. The lowest BCUT2D eigenvalue weighted by atomic mass is 11.2. The van der Waals surface area contributed by atoms with E-state index in [-0.39, 0.29) is 5.16 Å². The average molecular weight is 177 g/mol. The Morgan fingerprint density at radius 1 is 1.55 bits per heavy atom. The maximum absolute atomic E-state index is 11.0. The van der Waals surface area contributed by atoms with Gasteiger partial charge in [-0.05, 0) is 17.5 Å². The van der Waals surface area contributed by atoms with E-state index in [0.717, 1.165) is 4.68 Å². The smallest absolute Gasteiger partial charge is 0.218 e. The quantitative estimate of drug-likeness (QED) is 0.571. The predicted molar refractivity (Wildman–Crippen MR) is 35.0 cm³/mol. The molecule has 62 valence electrons. The third-order valence-electron chi connectivity index (χ3n) is 1.09. The number of nitrogens with zero attached hydrogens (tertiary/aromatic N) is 4. The van der Waals surface area contributed by atoms with Gasteiger partial charge in [-0.1, -0.05) is 5.10 Å². The Hall–Kier alpha value is -1.02. The fourth-order valence-electron chi connectivity index (χ4n) is 0.540. The average Bonchev–Trinajstić information content (AvgIpc) is 2.36. The van der Waals surface area contributed by atoms with Crippen LogP contribution in [0.5, 0.6) is 0 Å². The maximum Gasteiger partial charge on any atom is 0.282 e. The number of aryl methyl sites for hydroxylation is 1. The lowest BCUT2D eigenvalue weighted by Crippen LogP contribution is -2.22. The summed E-state index contributed by atoms with van der Waals surface area (Å²) in [6, 6.07) is 0. The molecule has 0 fully saturated rings. The van der Waals surface area contributed by atoms with Crippen molar-refractivity contribution >= 4 is 10.0 Å². The van der Waals surface area contributed by atoms with Crippen LogP contribution in [0.3, 0.4) is 0 Å². The van der Waals surface area contributed by atoms with Crippen LogP contribution in [0.4, 0.5) is 0 Å². The van der Waals surface area contributed by atoms with Gasteiger partial charge in [0.05, 0.1) is 0 Å². The van der Waals surface area contributed by atoms with Crippen LogP contribution in [0.15, 0.2) is 5.16 Å². The molecule has 1 aromatic rings. The van der Waals surface area contributed by atoms with Crippen molar-refractivity contribution in [1.82, 2.24) is 24.9 Å². The van der Waals surface area contributed by atoms with E-state index in [2.05, 4.69) is 20.2 Å². The highest BCUT2D eigenvalue weighted by Crippen LogP contribution is 1.97. The molecule has 0 saturated heterocycles. The van der Waals surface area contributed by atoms with E-state index >= 15 is 0 Å². The van der Waals surface area contributed by atoms with Gasteiger partial charge < -0.3 is 0 Å². The van der Waals surface area contributed by atoms with Gasteiger partial charge in [-0.15, -0.1) is 0 Å². The lowest BCUT2D eigenvalue weighted by molar-refractivity contribution is 0.561. The molecule has 7 nitrogen and oxygen atoms in total. The first-order chi connectivity index (χ1) is 5.08. The summed E-state index contributed by atoms with van der Waals surface area (Å²) in [5.74, 6) is 0. The van der Waals surface area contributed by atoms with Crippen LogP contribution in [0.25, 0.3) is 0 Å². The highest BCUT2D eigenvalue weighted by Gasteiger charge is 2.17. The largest absolute Gasteiger partial charge is 0.282 e. The van der Waals surface area contributed by atoms with Crippen LogP contribution in [-0.2, 0) is 17.1 Å². The van der Waals surface area contributed by atoms with Gasteiger partial charge in [-0.2, -0.15) is 0 Å². The van der Waals surface area contributed by atoms with E-state index in [0.29, 0.717) is 0 Å². The fourth-order valence-corrected chi connectivity index (χ4v) is 1.25. The summed E-state index contributed by atoms with van der Waals surface area (Å²) in [7, 11) is -0.764. The normalized spacial score (nSPS) is 11.8. The third kappa shape index (κ3) is 1.35. The van der Waals surface area contributed by atoms with E-state index < -0.39 is 10.0 Å². The highest BCUT2D eigenvalue weighted by atomic mass is 32.2. The Morgan fingerprint density at radius 2 is 2.18 bits per heavy atom. The fraction of sp³-hybridized carbons (Fsp3) is 0.667. The van der Waals surface area contributed by atoms with Crippen molar-refractivity contribution in [3.63, 3.8) is 0 Å². The lowest BCUT2D eigenvalue weighted by Gasteiger charge is -1.96. The van der Waals surface area contributed by atoms with Crippen LogP contribution < -0.4 is 4.72 Å². The standard InChI is InChI=1S/C3H7N5O2S/c1-4-11(9,10)3-5-6-7-8(3)2/h4H,1-2H3. The van der Waals surface area contributed by atoms with Crippen LogP contribution in [0.2, 0.25) is 0 Å². The van der Waals surface area contributed by atoms with Gasteiger partial charge in [-0.25, -0.2) is 17.8 Å². The Labute approximate surface area is 63.5 Å². The van der Waals surface area contributed by atoms with Gasteiger partial charge in [0.15, 0.2) is 0 Å². The van der Waals surface area contributed by atoms with Gasteiger partial charge in [-0.3, -0.25) is 0 Å². The van der Waals surface area contributed by atoms with Gasteiger partial charge >= 0.3 is 0 Å². The molecular weight excluding hydrogens is 170 g/mol. The maximum atomic E-state index is 11.0. The summed E-state index contributed by atoms with van der Waals surface area (Å²) < 4.78 is 25.2. The van der Waals surface area contributed by atoms with E-state index in [9.17, 15) is 8.42 Å². The number of tetrazole rings is 1. The van der Waals surface area contributed by atoms with Gasteiger partial charge in [0.25, 0.3) is 15.2 Å². The minimum absolute atomic E-state index is 0.194. The Kier molecular flexibility index (Phi) is 1.87. The minimum Gasteiger partial charge on any atom is -0.218 e. The molecule has 1 heterocycles. The predicted octanol–water partition coefficient (Wildman–Crippen LogP) is -1.88. The molecule has 0 spiro atoms. The molecule has 0 bridgehead atoms. The van der Waals surface area contributed by atoms with Crippen molar-refractivity contribution in [1.29, 1.82) is 0 Å². The minimum atomic E-state index is -3.51. The highest BCUT2D eigenvalue weighted by molar-refractivity contribution is 7.89. The second-order valence-electron chi connectivity index (χ2n) is 1.79. The van der Waals surface area contributed by atoms with Crippen LogP contribution >= 0.6 is 0 Å². The van der Waals surface area contributed by atoms with Crippen LogP contribution in [0.1, 0.15) is 0 Å². The van der Waals surface area contributed by atoms with Crippen molar-refractivity contribution in [2.24, 2.45) is 7.05 Å². The first kappa shape index (κ1) is 8.08. The van der Waals surface area contributed by atoms with Gasteiger partial charge in [0.2, 0.25) is 0 Å². The van der Waals surface area contributed by atoms with Crippen LogP contribution in [-0.4, -0.2) is 35.7 Å². The monoisotopic (exact) mass is 177 g/mol. The SMILES string of the molecule is CNS(=O)(=O)c1nnnn1C. The van der Waals surface area contributed by atoms with E-state index in [1.54, 1.807) is 0 Å². The van der Waals surface area contributed by atoms with Crippen molar-refractivity contribution in [3.8, 4) is 0 Å². The zero-order chi connectivity index (χ0) is 8.48. The number of sulfonamides is 1. The van der Waals surface area contributed by atoms with Crippen molar-refractivity contribution in [2.45, 2.75) is 5.16 Å². The molecule has 0 aliphatic carbocycles. The summed E-state index contributed by atoms with van der Waals surface area (Å²) in [4.78, 5) is 0. The van der Waals surface area contributed by atoms with E-state index in [1.807, 2.05) is 0 Å². The molecule has 1 rings (SSSR count). The Balaban J connectivity index is 3.22. The molecule has 0 saturated carbocycles. The van der Waals surface area contributed by atoms with Crippen molar-refractivity contribution < 1.29 is 8.42 Å². The molecule has 0 atom stereocenters. The molecule has 11 heavy (non-hydrogen) atoms. The van der Waals surface area contributed by atoms with E-state index in [4.69, 9.17) is 0 Å². The molecule has 0 amide bonds. The number of rotatable bonds is 2. The number of hydrogen-bond acceptors (Lipinski definition) is 5. The number of aromatic nitrogens is 4. The summed E-state index contributed by atoms with van der Waals surface area (Å²) in [5.41, 5.74) is 0. The molecule has 0 aromatic carbocycles. The molecule has 0 radical (unpaired) electrons. The number of nitrogens with one attached hydrogen (secondary N) is 1. The summed E-state index contributed by atoms with van der Waals surface area (Å²) in [6.45, 7) is 0. The zero-order valence-electron chi connectivity index (χ0n) is 6.01. The number of hydrogen-bond donors (Lipinski definition) is 1. The van der Waals surface area contributed by atoms with Crippen molar-refractivity contribution in [2.75, 3.05) is 7.05 Å². The zero-order valence-corrected chi connectivity index (χ0v) is 6.83. The molecule has 1 N–H and O–H groups in total. The van der Waals surface area contributed by atoms with Crippen molar-refractivity contribution in [3.05, 3.63) is 0 Å². The molecule has 0 aliphatic heterocycles. The molecule has 0 aliphatic rings. The first-order valence-corrected chi connectivity index (χ1v) is 4.22. The summed E-state index contributed by atoms with van der Waals surface area (Å²) >= 11 is 0. The summed E-state index contributed by atoms with van der Waals surface area (Å²) in [5, 5.41) is 9.66. The Morgan fingerprint density at radius 3 is 2.55 bits per heavy atom. The molecule has 1 aromatic heterocycles. The Bertz CT molecular complexity index is 340. The summed E-state index contributed by atoms with van der Waals surface area (Å²) in [6.07, 6.45) is 0.